The largest absolute Gasteiger partial charge is 0.383 e. The Hall–Kier alpha value is -1.10. The molecule has 0 radical (unpaired) electrons. The van der Waals surface area contributed by atoms with Gasteiger partial charge in [0.05, 0.1) is 6.61 Å². The Labute approximate surface area is 114 Å². The molecule has 2 amide bonds. The predicted molar refractivity (Wildman–Crippen MR) is 71.5 cm³/mol. The van der Waals surface area contributed by atoms with Crippen molar-refractivity contribution in [3.05, 3.63) is 0 Å². The lowest BCUT2D eigenvalue weighted by atomic mass is 9.81. The quantitative estimate of drug-likeness (QED) is 0.701. The molecule has 2 saturated carbocycles. The van der Waals surface area contributed by atoms with E-state index in [0.29, 0.717) is 19.2 Å². The Morgan fingerprint density at radius 1 is 1.00 bits per heavy atom. The van der Waals surface area contributed by atoms with E-state index in [-0.39, 0.29) is 23.7 Å². The van der Waals surface area contributed by atoms with Crippen molar-refractivity contribution in [3.8, 4) is 0 Å². The summed E-state index contributed by atoms with van der Waals surface area (Å²) in [6.45, 7) is 1.11. The van der Waals surface area contributed by atoms with Crippen LogP contribution in [0.2, 0.25) is 0 Å². The number of carbonyl (C=O) groups excluding carboxylic acids is 2. The third-order valence-electron chi connectivity index (χ3n) is 4.00. The van der Waals surface area contributed by atoms with Crippen molar-refractivity contribution in [2.75, 3.05) is 20.3 Å². The van der Waals surface area contributed by atoms with Gasteiger partial charge in [-0.15, -0.1) is 0 Å². The first-order chi connectivity index (χ1) is 9.20. The number of hydrogen-bond donors (Lipinski definition) is 2. The lowest BCUT2D eigenvalue weighted by Crippen LogP contribution is -2.38. The predicted octanol–water partition coefficient (Wildman–Crippen LogP) is 0.834. The van der Waals surface area contributed by atoms with E-state index in [1.807, 2.05) is 0 Å². The minimum absolute atomic E-state index is 0.0711. The first kappa shape index (κ1) is 14.3. The highest BCUT2D eigenvalue weighted by Gasteiger charge is 2.32. The maximum atomic E-state index is 11.9. The Morgan fingerprint density at radius 3 is 2.11 bits per heavy atom. The van der Waals surface area contributed by atoms with Gasteiger partial charge < -0.3 is 15.4 Å². The second-order valence-electron chi connectivity index (χ2n) is 5.62. The third kappa shape index (κ3) is 4.49. The summed E-state index contributed by atoms with van der Waals surface area (Å²) in [4.78, 5) is 23.8. The van der Waals surface area contributed by atoms with E-state index in [2.05, 4.69) is 10.6 Å². The highest BCUT2D eigenvalue weighted by Crippen LogP contribution is 2.30. The summed E-state index contributed by atoms with van der Waals surface area (Å²) in [5.41, 5.74) is 0. The van der Waals surface area contributed by atoms with Crippen molar-refractivity contribution < 1.29 is 14.3 Å². The lowest BCUT2D eigenvalue weighted by molar-refractivity contribution is -0.130. The van der Waals surface area contributed by atoms with Crippen LogP contribution in [0.3, 0.4) is 0 Å². The molecular formula is C14H24N2O3. The van der Waals surface area contributed by atoms with Crippen LogP contribution < -0.4 is 10.6 Å². The summed E-state index contributed by atoms with van der Waals surface area (Å²) < 4.78 is 4.90. The molecule has 2 N–H and O–H groups in total. The van der Waals surface area contributed by atoms with E-state index in [4.69, 9.17) is 4.74 Å². The van der Waals surface area contributed by atoms with Gasteiger partial charge in [-0.1, -0.05) is 0 Å². The zero-order valence-corrected chi connectivity index (χ0v) is 11.6. The molecule has 108 valence electrons. The van der Waals surface area contributed by atoms with Crippen LogP contribution in [-0.4, -0.2) is 38.1 Å². The molecule has 0 heterocycles. The van der Waals surface area contributed by atoms with Crippen molar-refractivity contribution in [1.82, 2.24) is 10.6 Å². The fourth-order valence-corrected chi connectivity index (χ4v) is 2.59. The molecular weight excluding hydrogens is 244 g/mol. The van der Waals surface area contributed by atoms with Crippen LogP contribution in [0.1, 0.15) is 38.5 Å². The number of nitrogens with one attached hydrogen (secondary N) is 2. The van der Waals surface area contributed by atoms with Crippen LogP contribution in [0.5, 0.6) is 0 Å². The second-order valence-corrected chi connectivity index (χ2v) is 5.62. The molecule has 2 fully saturated rings. The van der Waals surface area contributed by atoms with Gasteiger partial charge in [0.25, 0.3) is 0 Å². The van der Waals surface area contributed by atoms with Crippen molar-refractivity contribution >= 4 is 11.8 Å². The number of carbonyl (C=O) groups is 2. The van der Waals surface area contributed by atoms with Crippen molar-refractivity contribution in [2.45, 2.75) is 44.6 Å². The van der Waals surface area contributed by atoms with E-state index < -0.39 is 0 Å². The molecule has 5 nitrogen and oxygen atoms in total. The SMILES string of the molecule is COCCNC(=O)C1CCC(C(=O)NC2CC2)CC1. The van der Waals surface area contributed by atoms with Gasteiger partial charge in [0, 0.05) is 31.5 Å². The van der Waals surface area contributed by atoms with Gasteiger partial charge in [0.1, 0.15) is 0 Å². The zero-order valence-electron chi connectivity index (χ0n) is 11.6. The van der Waals surface area contributed by atoms with E-state index in [9.17, 15) is 9.59 Å². The fourth-order valence-electron chi connectivity index (χ4n) is 2.59. The van der Waals surface area contributed by atoms with Crippen LogP contribution in [0.4, 0.5) is 0 Å². The number of rotatable bonds is 6. The van der Waals surface area contributed by atoms with E-state index in [1.54, 1.807) is 7.11 Å². The van der Waals surface area contributed by atoms with Gasteiger partial charge in [0.15, 0.2) is 0 Å². The summed E-state index contributed by atoms with van der Waals surface area (Å²) in [7, 11) is 1.62. The molecule has 0 aromatic rings. The molecule has 0 aromatic carbocycles. The molecule has 2 rings (SSSR count). The Kier molecular flexibility index (Phi) is 5.19. The molecule has 2 aliphatic carbocycles. The Balaban J connectivity index is 1.66. The lowest BCUT2D eigenvalue weighted by Gasteiger charge is -2.27. The van der Waals surface area contributed by atoms with Gasteiger partial charge >= 0.3 is 0 Å². The van der Waals surface area contributed by atoms with Crippen LogP contribution in [0.15, 0.2) is 0 Å². The van der Waals surface area contributed by atoms with Gasteiger partial charge in [-0.25, -0.2) is 0 Å². The summed E-state index contributed by atoms with van der Waals surface area (Å²) in [6.07, 6.45) is 5.57. The molecule has 0 atom stereocenters. The highest BCUT2D eigenvalue weighted by atomic mass is 16.5. The molecule has 0 spiro atoms. The first-order valence-electron chi connectivity index (χ1n) is 7.27. The van der Waals surface area contributed by atoms with E-state index in [1.165, 1.54) is 0 Å². The molecule has 0 unspecified atom stereocenters. The average molecular weight is 268 g/mol. The first-order valence-corrected chi connectivity index (χ1v) is 7.27. The minimum atomic E-state index is 0.0711. The van der Waals surface area contributed by atoms with E-state index >= 15 is 0 Å². The fraction of sp³-hybridized carbons (Fsp3) is 0.857. The van der Waals surface area contributed by atoms with Crippen molar-refractivity contribution in [3.63, 3.8) is 0 Å². The second kappa shape index (κ2) is 6.89. The number of hydrogen-bond acceptors (Lipinski definition) is 3. The highest BCUT2D eigenvalue weighted by molar-refractivity contribution is 5.81. The molecule has 5 heteroatoms. The van der Waals surface area contributed by atoms with Crippen LogP contribution in [-0.2, 0) is 14.3 Å². The Morgan fingerprint density at radius 2 is 1.58 bits per heavy atom. The zero-order chi connectivity index (χ0) is 13.7. The molecule has 0 bridgehead atoms. The minimum Gasteiger partial charge on any atom is -0.383 e. The molecule has 0 aromatic heterocycles. The van der Waals surface area contributed by atoms with Crippen LogP contribution >= 0.6 is 0 Å². The van der Waals surface area contributed by atoms with Gasteiger partial charge in [-0.05, 0) is 38.5 Å². The molecule has 19 heavy (non-hydrogen) atoms. The Bertz CT molecular complexity index is 321. The van der Waals surface area contributed by atoms with Gasteiger partial charge in [-0.3, -0.25) is 9.59 Å². The van der Waals surface area contributed by atoms with Crippen molar-refractivity contribution in [2.24, 2.45) is 11.8 Å². The van der Waals surface area contributed by atoms with Gasteiger partial charge in [-0.2, -0.15) is 0 Å². The monoisotopic (exact) mass is 268 g/mol. The smallest absolute Gasteiger partial charge is 0.223 e. The molecule has 0 saturated heterocycles. The summed E-state index contributed by atoms with van der Waals surface area (Å²) >= 11 is 0. The number of ether oxygens (including phenoxy) is 1. The average Bonchev–Trinajstić information content (AvgIpc) is 3.23. The van der Waals surface area contributed by atoms with Gasteiger partial charge in [0.2, 0.25) is 11.8 Å². The summed E-state index contributed by atoms with van der Waals surface area (Å²) in [5, 5.41) is 5.93. The molecule has 0 aliphatic heterocycles. The normalized spacial score (nSPS) is 26.8. The maximum Gasteiger partial charge on any atom is 0.223 e. The maximum absolute atomic E-state index is 11.9. The third-order valence-corrected chi connectivity index (χ3v) is 4.00. The van der Waals surface area contributed by atoms with E-state index in [0.717, 1.165) is 38.5 Å². The number of methoxy groups -OCH3 is 1. The standard InChI is InChI=1S/C14H24N2O3/c1-19-9-8-15-13(17)10-2-4-11(5-3-10)14(18)16-12-6-7-12/h10-12H,2-9H2,1H3,(H,15,17)(H,16,18). The van der Waals surface area contributed by atoms with Crippen LogP contribution in [0, 0.1) is 11.8 Å². The summed E-state index contributed by atoms with van der Waals surface area (Å²) in [5.74, 6) is 0.490. The summed E-state index contributed by atoms with van der Waals surface area (Å²) in [6, 6.07) is 0.433. The number of amides is 2. The van der Waals surface area contributed by atoms with Crippen molar-refractivity contribution in [1.29, 1.82) is 0 Å². The molecule has 2 aliphatic rings. The van der Waals surface area contributed by atoms with Crippen LogP contribution in [0.25, 0.3) is 0 Å². The topological polar surface area (TPSA) is 67.4 Å².